The second-order valence-electron chi connectivity index (χ2n) is 5.94. The van der Waals surface area contributed by atoms with Crippen molar-refractivity contribution in [1.82, 2.24) is 5.32 Å². The van der Waals surface area contributed by atoms with Crippen LogP contribution in [0.4, 0.5) is 8.78 Å². The Bertz CT molecular complexity index is 396. The van der Waals surface area contributed by atoms with Gasteiger partial charge in [0.05, 0.1) is 6.61 Å². The van der Waals surface area contributed by atoms with E-state index in [0.717, 1.165) is 13.0 Å². The van der Waals surface area contributed by atoms with E-state index in [9.17, 15) is 8.78 Å². The summed E-state index contributed by atoms with van der Waals surface area (Å²) < 4.78 is 32.9. The molecule has 0 aromatic heterocycles. The average Bonchev–Trinajstić information content (AvgIpc) is 2.32. The predicted molar refractivity (Wildman–Crippen MR) is 77.9 cm³/mol. The highest BCUT2D eigenvalue weighted by Gasteiger charge is 2.13. The monoisotopic (exact) mass is 285 g/mol. The molecule has 0 unspecified atom stereocenters. The van der Waals surface area contributed by atoms with E-state index in [1.165, 1.54) is 12.1 Å². The highest BCUT2D eigenvalue weighted by Crippen LogP contribution is 2.23. The van der Waals surface area contributed by atoms with Gasteiger partial charge in [0, 0.05) is 6.54 Å². The van der Waals surface area contributed by atoms with Crippen molar-refractivity contribution in [2.24, 2.45) is 11.8 Å². The summed E-state index contributed by atoms with van der Waals surface area (Å²) in [6.45, 7) is 9.85. The normalized spacial score (nSPS) is 11.4. The van der Waals surface area contributed by atoms with Gasteiger partial charge in [-0.1, -0.05) is 27.7 Å². The van der Waals surface area contributed by atoms with Gasteiger partial charge >= 0.3 is 0 Å². The first-order chi connectivity index (χ1) is 9.40. The Hall–Kier alpha value is -1.16. The zero-order chi connectivity index (χ0) is 15.1. The molecule has 2 nitrogen and oxygen atoms in total. The van der Waals surface area contributed by atoms with Crippen LogP contribution in [0.25, 0.3) is 0 Å². The van der Waals surface area contributed by atoms with Gasteiger partial charge in [0.15, 0.2) is 17.4 Å². The Balaban J connectivity index is 2.61. The van der Waals surface area contributed by atoms with Gasteiger partial charge in [0.2, 0.25) is 0 Å². The molecule has 0 aliphatic carbocycles. The van der Waals surface area contributed by atoms with Gasteiger partial charge in [-0.05, 0) is 42.5 Å². The van der Waals surface area contributed by atoms with Crippen LogP contribution in [0.2, 0.25) is 0 Å². The third-order valence-electron chi connectivity index (χ3n) is 2.88. The fourth-order valence-corrected chi connectivity index (χ4v) is 1.75. The Morgan fingerprint density at radius 2 is 1.65 bits per heavy atom. The van der Waals surface area contributed by atoms with Gasteiger partial charge < -0.3 is 10.1 Å². The van der Waals surface area contributed by atoms with Crippen molar-refractivity contribution in [2.75, 3.05) is 13.2 Å². The number of hydrogen-bond acceptors (Lipinski definition) is 2. The van der Waals surface area contributed by atoms with E-state index >= 15 is 0 Å². The molecule has 0 heterocycles. The molecule has 1 aromatic carbocycles. The van der Waals surface area contributed by atoms with Crippen LogP contribution in [0, 0.1) is 23.5 Å². The molecule has 0 aliphatic heterocycles. The summed E-state index contributed by atoms with van der Waals surface area (Å²) in [7, 11) is 0. The fourth-order valence-electron chi connectivity index (χ4n) is 1.75. The maximum Gasteiger partial charge on any atom is 0.190 e. The van der Waals surface area contributed by atoms with Gasteiger partial charge in [-0.3, -0.25) is 0 Å². The SMILES string of the molecule is CC(C)CCOc1c(F)cc(CNCC(C)C)cc1F. The van der Waals surface area contributed by atoms with Crippen LogP contribution < -0.4 is 10.1 Å². The van der Waals surface area contributed by atoms with E-state index in [4.69, 9.17) is 4.74 Å². The van der Waals surface area contributed by atoms with Crippen LogP contribution in [0.3, 0.4) is 0 Å². The first-order valence-electron chi connectivity index (χ1n) is 7.21. The van der Waals surface area contributed by atoms with Crippen molar-refractivity contribution in [3.63, 3.8) is 0 Å². The summed E-state index contributed by atoms with van der Waals surface area (Å²) in [5.41, 5.74) is 0.594. The molecule has 1 N–H and O–H groups in total. The maximum absolute atomic E-state index is 13.8. The van der Waals surface area contributed by atoms with Gasteiger partial charge in [0.1, 0.15) is 0 Å². The molecule has 4 heteroatoms. The molecule has 0 radical (unpaired) electrons. The minimum atomic E-state index is -0.630. The van der Waals surface area contributed by atoms with Crippen molar-refractivity contribution < 1.29 is 13.5 Å². The zero-order valence-electron chi connectivity index (χ0n) is 12.8. The van der Waals surface area contributed by atoms with E-state index < -0.39 is 11.6 Å². The zero-order valence-corrected chi connectivity index (χ0v) is 12.8. The standard InChI is InChI=1S/C16H25F2NO/c1-11(2)5-6-20-16-14(17)7-13(8-15(16)18)10-19-9-12(3)4/h7-8,11-12,19H,5-6,9-10H2,1-4H3. The highest BCUT2D eigenvalue weighted by atomic mass is 19.1. The fraction of sp³-hybridized carbons (Fsp3) is 0.625. The van der Waals surface area contributed by atoms with E-state index in [-0.39, 0.29) is 5.75 Å². The maximum atomic E-state index is 13.8. The number of halogens is 2. The van der Waals surface area contributed by atoms with Gasteiger partial charge in [-0.25, -0.2) is 8.78 Å². The molecule has 0 atom stereocenters. The molecule has 0 bridgehead atoms. The minimum Gasteiger partial charge on any atom is -0.488 e. The lowest BCUT2D eigenvalue weighted by Gasteiger charge is -2.12. The molecule has 0 saturated heterocycles. The Morgan fingerprint density at radius 1 is 1.05 bits per heavy atom. The molecule has 1 aromatic rings. The number of nitrogens with one attached hydrogen (secondary N) is 1. The predicted octanol–water partition coefficient (Wildman–Crippen LogP) is 4.14. The van der Waals surface area contributed by atoms with E-state index in [1.54, 1.807) is 0 Å². The lowest BCUT2D eigenvalue weighted by atomic mass is 10.1. The van der Waals surface area contributed by atoms with Crippen LogP contribution in [0.15, 0.2) is 12.1 Å². The van der Waals surface area contributed by atoms with Gasteiger partial charge in [-0.15, -0.1) is 0 Å². The second-order valence-corrected chi connectivity index (χ2v) is 5.94. The van der Waals surface area contributed by atoms with E-state index in [2.05, 4.69) is 19.2 Å². The Morgan fingerprint density at radius 3 is 2.15 bits per heavy atom. The van der Waals surface area contributed by atoms with Gasteiger partial charge in [-0.2, -0.15) is 0 Å². The first kappa shape index (κ1) is 16.9. The largest absolute Gasteiger partial charge is 0.488 e. The number of benzene rings is 1. The van der Waals surface area contributed by atoms with E-state index in [1.807, 2.05) is 13.8 Å². The third-order valence-corrected chi connectivity index (χ3v) is 2.88. The molecular weight excluding hydrogens is 260 g/mol. The van der Waals surface area contributed by atoms with Crippen LogP contribution in [0.1, 0.15) is 39.7 Å². The molecule has 20 heavy (non-hydrogen) atoms. The van der Waals surface area contributed by atoms with E-state index in [0.29, 0.717) is 30.6 Å². The summed E-state index contributed by atoms with van der Waals surface area (Å²) >= 11 is 0. The molecular formula is C16H25F2NO. The van der Waals surface area contributed by atoms with Crippen molar-refractivity contribution in [3.05, 3.63) is 29.3 Å². The highest BCUT2D eigenvalue weighted by molar-refractivity contribution is 5.31. The molecule has 1 rings (SSSR count). The smallest absolute Gasteiger partial charge is 0.190 e. The second kappa shape index (κ2) is 8.20. The molecule has 0 spiro atoms. The van der Waals surface area contributed by atoms with Crippen molar-refractivity contribution in [2.45, 2.75) is 40.7 Å². The van der Waals surface area contributed by atoms with Crippen molar-refractivity contribution in [1.29, 1.82) is 0 Å². The summed E-state index contributed by atoms with van der Waals surface area (Å²) in [6.07, 6.45) is 0.774. The first-order valence-corrected chi connectivity index (χ1v) is 7.21. The lowest BCUT2D eigenvalue weighted by molar-refractivity contribution is 0.263. The van der Waals surface area contributed by atoms with Crippen LogP contribution in [0.5, 0.6) is 5.75 Å². The molecule has 0 amide bonds. The minimum absolute atomic E-state index is 0.266. The summed E-state index contributed by atoms with van der Waals surface area (Å²) in [4.78, 5) is 0. The lowest BCUT2D eigenvalue weighted by Crippen LogP contribution is -2.19. The Labute approximate surface area is 120 Å². The van der Waals surface area contributed by atoms with Crippen LogP contribution >= 0.6 is 0 Å². The number of ether oxygens (including phenoxy) is 1. The van der Waals surface area contributed by atoms with Crippen molar-refractivity contribution in [3.8, 4) is 5.75 Å². The quantitative estimate of drug-likeness (QED) is 0.775. The molecule has 114 valence electrons. The topological polar surface area (TPSA) is 21.3 Å². The molecule has 0 aliphatic rings. The summed E-state index contributed by atoms with van der Waals surface area (Å²) in [6, 6.07) is 2.67. The van der Waals surface area contributed by atoms with Crippen molar-refractivity contribution >= 4 is 0 Å². The van der Waals surface area contributed by atoms with Crippen LogP contribution in [-0.2, 0) is 6.54 Å². The number of rotatable bonds is 8. The average molecular weight is 285 g/mol. The summed E-state index contributed by atoms with van der Waals surface area (Å²) in [5.74, 6) is -0.576. The third kappa shape index (κ3) is 5.87. The Kier molecular flexibility index (Phi) is 6.93. The van der Waals surface area contributed by atoms with Gasteiger partial charge in [0.25, 0.3) is 0 Å². The molecule has 0 saturated carbocycles. The number of hydrogen-bond donors (Lipinski definition) is 1. The van der Waals surface area contributed by atoms with Crippen LogP contribution in [-0.4, -0.2) is 13.2 Å². The molecule has 0 fully saturated rings. The summed E-state index contributed by atoms with van der Waals surface area (Å²) in [5, 5.41) is 3.16.